The summed E-state index contributed by atoms with van der Waals surface area (Å²) in [7, 11) is 3.24. The number of methoxy groups -OCH3 is 2. The molecule has 0 radical (unpaired) electrons. The normalized spacial score (nSPS) is 10.7. The second kappa shape index (κ2) is 6.72. The first-order valence-corrected chi connectivity index (χ1v) is 8.03. The van der Waals surface area contributed by atoms with Crippen LogP contribution < -0.4 is 14.8 Å². The van der Waals surface area contributed by atoms with Crippen LogP contribution in [0.4, 0.5) is 11.5 Å². The van der Waals surface area contributed by atoms with Crippen molar-refractivity contribution in [3.63, 3.8) is 0 Å². The summed E-state index contributed by atoms with van der Waals surface area (Å²) in [4.78, 5) is 8.88. The first kappa shape index (κ1) is 15.9. The maximum atomic E-state index is 5.21. The van der Waals surface area contributed by atoms with Crippen molar-refractivity contribution in [2.75, 3.05) is 19.5 Å². The third-order valence-electron chi connectivity index (χ3n) is 3.99. The molecule has 4 rings (SSSR count). The highest BCUT2D eigenvalue weighted by atomic mass is 16.5. The number of aromatic nitrogens is 4. The van der Waals surface area contributed by atoms with Crippen LogP contribution in [0, 0.1) is 0 Å². The molecule has 0 fully saturated rings. The molecule has 7 nitrogen and oxygen atoms in total. The zero-order valence-electron chi connectivity index (χ0n) is 14.4. The van der Waals surface area contributed by atoms with Gasteiger partial charge in [0.25, 0.3) is 0 Å². The average Bonchev–Trinajstić information content (AvgIpc) is 3.12. The molecule has 0 unspecified atom stereocenters. The van der Waals surface area contributed by atoms with Crippen LogP contribution in [0.25, 0.3) is 16.8 Å². The monoisotopic (exact) mass is 347 g/mol. The Bertz CT molecular complexity index is 1030. The fourth-order valence-electron chi connectivity index (χ4n) is 2.64. The summed E-state index contributed by atoms with van der Waals surface area (Å²) in [5.74, 6) is 2.09. The summed E-state index contributed by atoms with van der Waals surface area (Å²) < 4.78 is 12.0. The highest BCUT2D eigenvalue weighted by molar-refractivity contribution is 5.78. The van der Waals surface area contributed by atoms with Crippen LogP contribution in [0.15, 0.2) is 61.1 Å². The zero-order valence-corrected chi connectivity index (χ0v) is 14.4. The number of benzene rings is 1. The third kappa shape index (κ3) is 3.02. The van der Waals surface area contributed by atoms with Gasteiger partial charge in [0.1, 0.15) is 11.6 Å². The molecule has 130 valence electrons. The molecule has 7 heteroatoms. The van der Waals surface area contributed by atoms with Crippen molar-refractivity contribution in [2.45, 2.75) is 0 Å². The molecule has 0 saturated heterocycles. The Morgan fingerprint density at radius 2 is 1.77 bits per heavy atom. The van der Waals surface area contributed by atoms with Crippen molar-refractivity contribution in [1.82, 2.24) is 19.6 Å². The Labute approximate surface area is 150 Å². The molecule has 26 heavy (non-hydrogen) atoms. The van der Waals surface area contributed by atoms with Gasteiger partial charge >= 0.3 is 0 Å². The lowest BCUT2D eigenvalue weighted by Gasteiger charge is -2.07. The van der Waals surface area contributed by atoms with Crippen LogP contribution >= 0.6 is 0 Å². The largest absolute Gasteiger partial charge is 0.497 e. The fraction of sp³-hybridized carbons (Fsp3) is 0.105. The van der Waals surface area contributed by atoms with Crippen LogP contribution in [0.3, 0.4) is 0 Å². The molecule has 4 aromatic rings. The number of fused-ring (bicyclic) bond motifs is 1. The van der Waals surface area contributed by atoms with Gasteiger partial charge in [0, 0.05) is 17.8 Å². The number of ether oxygens (including phenoxy) is 2. The highest BCUT2D eigenvalue weighted by Gasteiger charge is 2.09. The van der Waals surface area contributed by atoms with E-state index in [0.29, 0.717) is 11.7 Å². The van der Waals surface area contributed by atoms with Gasteiger partial charge in [0.2, 0.25) is 5.88 Å². The molecule has 0 amide bonds. The fourth-order valence-corrected chi connectivity index (χ4v) is 2.64. The Hall–Kier alpha value is -3.61. The van der Waals surface area contributed by atoms with E-state index in [9.17, 15) is 0 Å². The Balaban J connectivity index is 1.67. The van der Waals surface area contributed by atoms with Gasteiger partial charge in [0.05, 0.1) is 32.3 Å². The number of nitrogens with zero attached hydrogens (tertiary/aromatic N) is 4. The molecular formula is C19H17N5O2. The third-order valence-corrected chi connectivity index (χ3v) is 3.99. The summed E-state index contributed by atoms with van der Waals surface area (Å²) in [6.07, 6.45) is 5.38. The van der Waals surface area contributed by atoms with E-state index in [0.717, 1.165) is 28.2 Å². The minimum Gasteiger partial charge on any atom is -0.497 e. The number of anilines is 2. The Morgan fingerprint density at radius 3 is 2.46 bits per heavy atom. The van der Waals surface area contributed by atoms with E-state index in [1.165, 1.54) is 0 Å². The highest BCUT2D eigenvalue weighted by Crippen LogP contribution is 2.26. The molecule has 3 heterocycles. The van der Waals surface area contributed by atoms with Gasteiger partial charge in [-0.1, -0.05) is 12.1 Å². The summed E-state index contributed by atoms with van der Waals surface area (Å²) in [5, 5.41) is 7.62. The van der Waals surface area contributed by atoms with Crippen LogP contribution in [0.2, 0.25) is 0 Å². The zero-order chi connectivity index (χ0) is 17.9. The lowest BCUT2D eigenvalue weighted by molar-refractivity contribution is 0.398. The topological polar surface area (TPSA) is 73.6 Å². The van der Waals surface area contributed by atoms with Crippen molar-refractivity contribution < 1.29 is 9.47 Å². The standard InChI is InChI=1S/C19H17N5O2/c1-25-15-6-3-13(4-7-15)16-12-21-24-10-9-17(23-19(16)24)22-14-5-8-18(26-2)20-11-14/h3-12H,1-2H3,(H,22,23). The van der Waals surface area contributed by atoms with E-state index in [-0.39, 0.29) is 0 Å². The minimum absolute atomic E-state index is 0.566. The second-order valence-electron chi connectivity index (χ2n) is 5.58. The van der Waals surface area contributed by atoms with E-state index in [4.69, 9.17) is 14.5 Å². The minimum atomic E-state index is 0.566. The smallest absolute Gasteiger partial charge is 0.213 e. The molecular weight excluding hydrogens is 330 g/mol. The molecule has 0 aliphatic heterocycles. The summed E-state index contributed by atoms with van der Waals surface area (Å²) in [5.41, 5.74) is 3.57. The van der Waals surface area contributed by atoms with Gasteiger partial charge in [-0.05, 0) is 29.8 Å². The molecule has 1 aromatic carbocycles. The number of pyridine rings is 1. The first-order valence-electron chi connectivity index (χ1n) is 8.03. The molecule has 0 saturated carbocycles. The quantitative estimate of drug-likeness (QED) is 0.595. The first-order chi connectivity index (χ1) is 12.8. The summed E-state index contributed by atoms with van der Waals surface area (Å²) >= 11 is 0. The van der Waals surface area contributed by atoms with Crippen molar-refractivity contribution in [1.29, 1.82) is 0 Å². The van der Waals surface area contributed by atoms with Gasteiger partial charge in [-0.2, -0.15) is 5.10 Å². The summed E-state index contributed by atoms with van der Waals surface area (Å²) in [6.45, 7) is 0. The van der Waals surface area contributed by atoms with E-state index in [2.05, 4.69) is 15.4 Å². The lowest BCUT2D eigenvalue weighted by atomic mass is 10.1. The predicted octanol–water partition coefficient (Wildman–Crippen LogP) is 3.55. The van der Waals surface area contributed by atoms with Crippen molar-refractivity contribution in [3.8, 4) is 22.8 Å². The number of hydrogen-bond donors (Lipinski definition) is 1. The van der Waals surface area contributed by atoms with Crippen LogP contribution in [-0.2, 0) is 0 Å². The van der Waals surface area contributed by atoms with Gasteiger partial charge in [-0.3, -0.25) is 0 Å². The van der Waals surface area contributed by atoms with Crippen molar-refractivity contribution >= 4 is 17.2 Å². The van der Waals surface area contributed by atoms with Gasteiger partial charge in [-0.25, -0.2) is 14.5 Å². The molecule has 0 aliphatic rings. The second-order valence-corrected chi connectivity index (χ2v) is 5.58. The Morgan fingerprint density at radius 1 is 0.923 bits per heavy atom. The Kier molecular flexibility index (Phi) is 4.10. The maximum absolute atomic E-state index is 5.21. The van der Waals surface area contributed by atoms with E-state index >= 15 is 0 Å². The molecule has 0 spiro atoms. The predicted molar refractivity (Wildman–Crippen MR) is 99.0 cm³/mol. The summed E-state index contributed by atoms with van der Waals surface area (Å²) in [6, 6.07) is 13.4. The van der Waals surface area contributed by atoms with Crippen molar-refractivity contribution in [3.05, 3.63) is 61.1 Å². The molecule has 3 aromatic heterocycles. The van der Waals surface area contributed by atoms with Gasteiger partial charge in [0.15, 0.2) is 5.65 Å². The van der Waals surface area contributed by atoms with Gasteiger partial charge < -0.3 is 14.8 Å². The van der Waals surface area contributed by atoms with E-state index < -0.39 is 0 Å². The SMILES string of the molecule is COc1ccc(-c2cnn3ccc(Nc4ccc(OC)nc4)nc23)cc1. The van der Waals surface area contributed by atoms with Crippen LogP contribution in [0.1, 0.15) is 0 Å². The van der Waals surface area contributed by atoms with Crippen molar-refractivity contribution in [2.24, 2.45) is 0 Å². The lowest BCUT2D eigenvalue weighted by Crippen LogP contribution is -1.98. The number of rotatable bonds is 5. The average molecular weight is 347 g/mol. The molecule has 1 N–H and O–H groups in total. The molecule has 0 bridgehead atoms. The number of hydrogen-bond acceptors (Lipinski definition) is 6. The van der Waals surface area contributed by atoms with E-state index in [1.807, 2.05) is 48.8 Å². The molecule has 0 aliphatic carbocycles. The molecule has 0 atom stereocenters. The maximum Gasteiger partial charge on any atom is 0.213 e. The van der Waals surface area contributed by atoms with Gasteiger partial charge in [-0.15, -0.1) is 0 Å². The van der Waals surface area contributed by atoms with Crippen LogP contribution in [-0.4, -0.2) is 33.8 Å². The van der Waals surface area contributed by atoms with E-state index in [1.54, 1.807) is 31.0 Å². The number of nitrogens with one attached hydrogen (secondary N) is 1. The van der Waals surface area contributed by atoms with Crippen LogP contribution in [0.5, 0.6) is 11.6 Å².